The largest absolute Gasteiger partial charge is 0.508 e. The lowest BCUT2D eigenvalue weighted by Gasteiger charge is -2.07. The van der Waals surface area contributed by atoms with Gasteiger partial charge in [0.2, 0.25) is 0 Å². The summed E-state index contributed by atoms with van der Waals surface area (Å²) < 4.78 is 0. The molecule has 0 heterocycles. The number of thioether (sulfide) groups is 1. The van der Waals surface area contributed by atoms with E-state index in [1.54, 1.807) is 12.1 Å². The van der Waals surface area contributed by atoms with Gasteiger partial charge in [0.25, 0.3) is 5.91 Å². The Kier molecular flexibility index (Phi) is 11.4. The summed E-state index contributed by atoms with van der Waals surface area (Å²) in [5.74, 6) is 1.14. The van der Waals surface area contributed by atoms with Gasteiger partial charge >= 0.3 is 0 Å². The van der Waals surface area contributed by atoms with Gasteiger partial charge < -0.3 is 10.4 Å². The fourth-order valence-electron chi connectivity index (χ4n) is 3.23. The van der Waals surface area contributed by atoms with Crippen LogP contribution in [0.15, 0.2) is 53.4 Å². The second kappa shape index (κ2) is 14.1. The summed E-state index contributed by atoms with van der Waals surface area (Å²) in [5, 5.41) is 12.2. The lowest BCUT2D eigenvalue weighted by molar-refractivity contribution is 0.102. The van der Waals surface area contributed by atoms with Crippen molar-refractivity contribution < 1.29 is 9.90 Å². The second-order valence-corrected chi connectivity index (χ2v) is 8.72. The average molecular weight is 414 g/mol. The first kappa shape index (κ1) is 23.3. The van der Waals surface area contributed by atoms with Gasteiger partial charge in [0.1, 0.15) is 5.75 Å². The molecule has 0 aromatic heterocycles. The number of amides is 1. The van der Waals surface area contributed by atoms with E-state index in [-0.39, 0.29) is 11.7 Å². The van der Waals surface area contributed by atoms with Gasteiger partial charge in [-0.05, 0) is 60.7 Å². The Morgan fingerprint density at radius 3 is 1.93 bits per heavy atom. The molecule has 0 aliphatic rings. The molecule has 0 radical (unpaired) electrons. The van der Waals surface area contributed by atoms with Crippen LogP contribution in [0.1, 0.15) is 81.5 Å². The van der Waals surface area contributed by atoms with E-state index in [1.165, 1.54) is 81.2 Å². The molecule has 2 rings (SSSR count). The summed E-state index contributed by atoms with van der Waals surface area (Å²) in [4.78, 5) is 13.4. The Labute approximate surface area is 180 Å². The monoisotopic (exact) mass is 413 g/mol. The number of rotatable bonds is 14. The maximum absolute atomic E-state index is 12.2. The lowest BCUT2D eigenvalue weighted by Crippen LogP contribution is -2.11. The predicted octanol–water partition coefficient (Wildman–Crippen LogP) is 7.66. The SMILES string of the molecule is CCCCCCCCCCCCSc1ccc(NC(=O)c2ccc(O)cc2)cc1. The maximum Gasteiger partial charge on any atom is 0.255 e. The summed E-state index contributed by atoms with van der Waals surface area (Å²) in [5.41, 5.74) is 1.31. The molecule has 4 heteroatoms. The Bertz CT molecular complexity index is 698. The normalized spacial score (nSPS) is 10.8. The van der Waals surface area contributed by atoms with Crippen LogP contribution in [0, 0.1) is 0 Å². The first-order valence-electron chi connectivity index (χ1n) is 11.0. The first-order valence-corrected chi connectivity index (χ1v) is 12.0. The molecule has 1 amide bonds. The van der Waals surface area contributed by atoms with Gasteiger partial charge in [-0.3, -0.25) is 4.79 Å². The zero-order valence-corrected chi connectivity index (χ0v) is 18.5. The molecular formula is C25H35NO2S. The number of phenols is 1. The first-order chi connectivity index (χ1) is 14.2. The summed E-state index contributed by atoms with van der Waals surface area (Å²) in [7, 11) is 0. The van der Waals surface area contributed by atoms with E-state index < -0.39 is 0 Å². The molecule has 0 saturated carbocycles. The van der Waals surface area contributed by atoms with Crippen molar-refractivity contribution in [3.63, 3.8) is 0 Å². The summed E-state index contributed by atoms with van der Waals surface area (Å²) in [6.45, 7) is 2.27. The summed E-state index contributed by atoms with van der Waals surface area (Å²) in [6.07, 6.45) is 13.7. The number of carbonyl (C=O) groups is 1. The molecule has 0 bridgehead atoms. The van der Waals surface area contributed by atoms with Crippen LogP contribution in [0.3, 0.4) is 0 Å². The highest BCUT2D eigenvalue weighted by molar-refractivity contribution is 7.99. The van der Waals surface area contributed by atoms with Crippen LogP contribution in [-0.2, 0) is 0 Å². The minimum Gasteiger partial charge on any atom is -0.508 e. The lowest BCUT2D eigenvalue weighted by atomic mass is 10.1. The Balaban J connectivity index is 1.56. The molecule has 0 fully saturated rings. The van der Waals surface area contributed by atoms with Crippen molar-refractivity contribution >= 4 is 23.4 Å². The van der Waals surface area contributed by atoms with Crippen LogP contribution < -0.4 is 5.32 Å². The minimum atomic E-state index is -0.171. The Morgan fingerprint density at radius 1 is 0.793 bits per heavy atom. The van der Waals surface area contributed by atoms with Crippen LogP contribution >= 0.6 is 11.8 Å². The molecule has 0 unspecified atom stereocenters. The number of nitrogens with one attached hydrogen (secondary N) is 1. The van der Waals surface area contributed by atoms with Crippen LogP contribution in [0.4, 0.5) is 5.69 Å². The van der Waals surface area contributed by atoms with Crippen LogP contribution in [0.25, 0.3) is 0 Å². The van der Waals surface area contributed by atoms with E-state index in [2.05, 4.69) is 24.4 Å². The van der Waals surface area contributed by atoms with E-state index in [0.29, 0.717) is 5.56 Å². The van der Waals surface area contributed by atoms with E-state index in [0.717, 1.165) is 11.4 Å². The third kappa shape index (κ3) is 9.89. The molecule has 0 aliphatic carbocycles. The van der Waals surface area contributed by atoms with Gasteiger partial charge in [-0.15, -0.1) is 11.8 Å². The van der Waals surface area contributed by atoms with Crippen LogP contribution in [-0.4, -0.2) is 16.8 Å². The summed E-state index contributed by atoms with van der Waals surface area (Å²) >= 11 is 1.88. The standard InChI is InChI=1S/C25H35NO2S/c1-2-3-4-5-6-7-8-9-10-11-20-29-24-18-14-22(15-19-24)26-25(28)21-12-16-23(27)17-13-21/h12-19,27H,2-11,20H2,1H3,(H,26,28). The number of aromatic hydroxyl groups is 1. The molecule has 0 aliphatic heterocycles. The molecule has 0 atom stereocenters. The van der Waals surface area contributed by atoms with Crippen molar-refractivity contribution in [2.24, 2.45) is 0 Å². The second-order valence-electron chi connectivity index (χ2n) is 7.56. The number of unbranched alkanes of at least 4 members (excludes halogenated alkanes) is 9. The smallest absolute Gasteiger partial charge is 0.255 e. The van der Waals surface area contributed by atoms with E-state index in [9.17, 15) is 9.90 Å². The number of carbonyl (C=O) groups excluding carboxylic acids is 1. The third-order valence-corrected chi connectivity index (χ3v) is 6.11. The van der Waals surface area contributed by atoms with Crippen molar-refractivity contribution in [1.82, 2.24) is 0 Å². The highest BCUT2D eigenvalue weighted by atomic mass is 32.2. The van der Waals surface area contributed by atoms with Crippen LogP contribution in [0.5, 0.6) is 5.75 Å². The summed E-state index contributed by atoms with van der Waals surface area (Å²) in [6, 6.07) is 14.3. The van der Waals surface area contributed by atoms with Gasteiger partial charge in [-0.25, -0.2) is 0 Å². The molecule has 2 aromatic carbocycles. The molecule has 158 valence electrons. The quantitative estimate of drug-likeness (QED) is 0.247. The zero-order valence-electron chi connectivity index (χ0n) is 17.7. The number of benzene rings is 2. The number of hydrogen-bond acceptors (Lipinski definition) is 3. The number of anilines is 1. The van der Waals surface area contributed by atoms with Gasteiger partial charge in [0, 0.05) is 16.1 Å². The van der Waals surface area contributed by atoms with Crippen molar-refractivity contribution in [3.8, 4) is 5.75 Å². The van der Waals surface area contributed by atoms with Crippen LogP contribution in [0.2, 0.25) is 0 Å². The molecule has 3 nitrogen and oxygen atoms in total. The van der Waals surface area contributed by atoms with Gasteiger partial charge in [0.05, 0.1) is 0 Å². The van der Waals surface area contributed by atoms with E-state index in [4.69, 9.17) is 0 Å². The molecule has 0 spiro atoms. The average Bonchev–Trinajstić information content (AvgIpc) is 2.73. The third-order valence-electron chi connectivity index (χ3n) is 5.01. The molecule has 0 saturated heterocycles. The highest BCUT2D eigenvalue weighted by Gasteiger charge is 2.06. The minimum absolute atomic E-state index is 0.158. The van der Waals surface area contributed by atoms with E-state index >= 15 is 0 Å². The predicted molar refractivity (Wildman–Crippen MR) is 125 cm³/mol. The van der Waals surface area contributed by atoms with Gasteiger partial charge in [-0.1, -0.05) is 64.7 Å². The fraction of sp³-hybridized carbons (Fsp3) is 0.480. The topological polar surface area (TPSA) is 49.3 Å². The van der Waals surface area contributed by atoms with Crippen molar-refractivity contribution in [2.75, 3.05) is 11.1 Å². The Hall–Kier alpha value is -1.94. The maximum atomic E-state index is 12.2. The fourth-order valence-corrected chi connectivity index (χ4v) is 4.14. The zero-order chi connectivity index (χ0) is 20.7. The van der Waals surface area contributed by atoms with Crippen molar-refractivity contribution in [1.29, 1.82) is 0 Å². The van der Waals surface area contributed by atoms with Gasteiger partial charge in [-0.2, -0.15) is 0 Å². The van der Waals surface area contributed by atoms with Crippen molar-refractivity contribution in [3.05, 3.63) is 54.1 Å². The molecular weight excluding hydrogens is 378 g/mol. The number of phenolic OH excluding ortho intramolecular Hbond substituents is 1. The number of hydrogen-bond donors (Lipinski definition) is 2. The molecule has 29 heavy (non-hydrogen) atoms. The van der Waals surface area contributed by atoms with E-state index in [1.807, 2.05) is 23.9 Å². The molecule has 2 aromatic rings. The molecule has 2 N–H and O–H groups in total. The van der Waals surface area contributed by atoms with Gasteiger partial charge in [0.15, 0.2) is 0 Å². The van der Waals surface area contributed by atoms with Crippen molar-refractivity contribution in [2.45, 2.75) is 76.0 Å². The highest BCUT2D eigenvalue weighted by Crippen LogP contribution is 2.22. The Morgan fingerprint density at radius 2 is 1.34 bits per heavy atom.